The number of hydrogen-bond donors (Lipinski definition) is 0. The van der Waals surface area contributed by atoms with Gasteiger partial charge in [0.15, 0.2) is 5.15 Å². The molecular weight excluding hydrogens is 1500 g/mol. The quantitative estimate of drug-likeness (QED) is 0.104. The maximum Gasteiger partial charge on any atom is 0.494 e. The van der Waals surface area contributed by atoms with Gasteiger partial charge in [-0.15, -0.1) is 43.1 Å². The zero-order chi connectivity index (χ0) is 78.3. The molecule has 116 heavy (non-hydrogen) atoms. The summed E-state index contributed by atoms with van der Waals surface area (Å²) in [7, 11) is -0.399. The molecule has 12 aromatic heterocycles. The summed E-state index contributed by atoms with van der Waals surface area (Å²) >= 11 is 8.98. The molecule has 0 atom stereocenters. The van der Waals surface area contributed by atoms with Crippen molar-refractivity contribution in [2.24, 2.45) is 0 Å². The molecule has 0 unspecified atom stereocenters. The number of benzene rings is 8. The van der Waals surface area contributed by atoms with E-state index in [0.717, 1.165) is 186 Å². The molecule has 0 spiro atoms. The summed E-state index contributed by atoms with van der Waals surface area (Å²) in [5.41, 5.74) is 29.2. The minimum atomic E-state index is -0.399. The highest BCUT2D eigenvalue weighted by Gasteiger charge is 2.51. The molecule has 0 radical (unpaired) electrons. The minimum absolute atomic E-state index is 0.342. The summed E-state index contributed by atoms with van der Waals surface area (Å²) in [5, 5.41) is 24.8. The lowest BCUT2D eigenvalue weighted by atomic mass is 9.78. The van der Waals surface area contributed by atoms with Crippen LogP contribution in [0.5, 0.6) is 0 Å². The van der Waals surface area contributed by atoms with Crippen LogP contribution in [0.2, 0.25) is 5.15 Å². The van der Waals surface area contributed by atoms with Crippen LogP contribution in [0.1, 0.15) is 27.7 Å². The van der Waals surface area contributed by atoms with Gasteiger partial charge in [0.25, 0.3) is 0 Å². The van der Waals surface area contributed by atoms with Crippen molar-refractivity contribution in [3.63, 3.8) is 0 Å². The van der Waals surface area contributed by atoms with Gasteiger partial charge in [-0.2, -0.15) is 0 Å². The van der Waals surface area contributed by atoms with Crippen molar-refractivity contribution in [2.45, 2.75) is 38.9 Å². The number of fused-ring (bicyclic) bond motifs is 8. The minimum Gasteiger partial charge on any atom is -0.399 e. The van der Waals surface area contributed by atoms with Crippen molar-refractivity contribution in [1.82, 2.24) is 80.7 Å². The van der Waals surface area contributed by atoms with E-state index in [1.54, 1.807) is 60.9 Å². The first-order valence-corrected chi connectivity index (χ1v) is 39.5. The highest BCUT2D eigenvalue weighted by molar-refractivity contribution is 7.26. The van der Waals surface area contributed by atoms with Crippen molar-refractivity contribution in [3.05, 3.63) is 322 Å². The Morgan fingerprint density at radius 3 is 0.974 bits per heavy atom. The first-order chi connectivity index (χ1) is 56.8. The van der Waals surface area contributed by atoms with Crippen LogP contribution < -0.4 is 5.46 Å². The maximum absolute atomic E-state index is 6.33. The van der Waals surface area contributed by atoms with Gasteiger partial charge in [0, 0.05) is 77.4 Å². The molecule has 554 valence electrons. The van der Waals surface area contributed by atoms with Gasteiger partial charge in [0.1, 0.15) is 37.4 Å². The second-order valence-corrected chi connectivity index (χ2v) is 31.2. The predicted molar refractivity (Wildman–Crippen MR) is 465 cm³/mol. The number of pyridine rings is 6. The number of nitrogens with zero attached hydrogens (tertiary/aromatic N) is 16. The van der Waals surface area contributed by atoms with Crippen molar-refractivity contribution < 1.29 is 9.31 Å². The Bertz CT molecular complexity index is 6980. The number of rotatable bonds is 12. The van der Waals surface area contributed by atoms with Gasteiger partial charge < -0.3 is 9.31 Å². The second-order valence-electron chi connectivity index (χ2n) is 28.8. The van der Waals surface area contributed by atoms with E-state index in [9.17, 15) is 0 Å². The summed E-state index contributed by atoms with van der Waals surface area (Å²) in [6.07, 6.45) is 14.4. The summed E-state index contributed by atoms with van der Waals surface area (Å²) in [6, 6.07) is 91.7. The Kier molecular flexibility index (Phi) is 19.2. The first kappa shape index (κ1) is 72.3. The second kappa shape index (κ2) is 30.9. The molecular formula is C94H64BClN16O2S2. The molecule has 0 amide bonds. The third-order valence-corrected chi connectivity index (χ3v) is 23.4. The van der Waals surface area contributed by atoms with Crippen molar-refractivity contribution in [1.29, 1.82) is 0 Å². The summed E-state index contributed by atoms with van der Waals surface area (Å²) in [5.74, 6) is 0. The lowest BCUT2D eigenvalue weighted by Gasteiger charge is -2.32. The van der Waals surface area contributed by atoms with E-state index in [2.05, 4.69) is 258 Å². The van der Waals surface area contributed by atoms with E-state index in [0.29, 0.717) is 10.7 Å². The van der Waals surface area contributed by atoms with Gasteiger partial charge in [-0.25, -0.2) is 29.9 Å². The van der Waals surface area contributed by atoms with Crippen LogP contribution >= 0.6 is 34.3 Å². The van der Waals surface area contributed by atoms with E-state index in [-0.39, 0.29) is 11.2 Å². The summed E-state index contributed by atoms with van der Waals surface area (Å²) in [6.45, 7) is 8.33. The fourth-order valence-electron chi connectivity index (χ4n) is 14.2. The van der Waals surface area contributed by atoms with Crippen molar-refractivity contribution in [3.8, 4) is 123 Å². The molecule has 18 nitrogen and oxygen atoms in total. The molecule has 13 heterocycles. The monoisotopic (exact) mass is 1560 g/mol. The van der Waals surface area contributed by atoms with E-state index in [4.69, 9.17) is 40.8 Å². The molecule has 0 aliphatic carbocycles. The van der Waals surface area contributed by atoms with E-state index < -0.39 is 7.12 Å². The van der Waals surface area contributed by atoms with Gasteiger partial charge in [0.2, 0.25) is 0 Å². The normalized spacial score (nSPS) is 12.9. The largest absolute Gasteiger partial charge is 0.494 e. The smallest absolute Gasteiger partial charge is 0.399 e. The molecule has 1 fully saturated rings. The SMILES string of the molecule is CC1(C)OB(c2cccc(-c3cccc(-c4cccc(-c5cc(-c6ccncc6)nc(-c6ccncc6)c5)c4)c3)c2)OC1(C)C.Clc1nnnc2c1sc1nc3ccccc3nc12.c1cc(-c2cccc(-c3cc(-c4ccncc4)nc(-c4ccncc4)c3)c2)cc(-c2cccc(-c3nnnc4c3sc3nc5ccccc5nc34)c2)c1. The molecule has 1 aliphatic rings. The van der Waals surface area contributed by atoms with Crippen molar-refractivity contribution >= 4 is 110 Å². The van der Waals surface area contributed by atoms with Crippen LogP contribution in [0, 0.1) is 0 Å². The summed E-state index contributed by atoms with van der Waals surface area (Å²) in [4.78, 5) is 47.3. The molecule has 22 heteroatoms. The van der Waals surface area contributed by atoms with Gasteiger partial charge in [-0.1, -0.05) is 151 Å². The van der Waals surface area contributed by atoms with Crippen LogP contribution in [-0.4, -0.2) is 99.0 Å². The Labute approximate surface area is 679 Å². The fourth-order valence-corrected chi connectivity index (χ4v) is 16.4. The lowest BCUT2D eigenvalue weighted by molar-refractivity contribution is 0.00578. The maximum atomic E-state index is 6.33. The molecule has 0 saturated carbocycles. The topological polar surface area (TPSA) is 225 Å². The number of para-hydroxylation sites is 4. The molecule has 0 N–H and O–H groups in total. The van der Waals surface area contributed by atoms with Gasteiger partial charge in [0.05, 0.1) is 65.4 Å². The Hall–Kier alpha value is -13.9. The predicted octanol–water partition coefficient (Wildman–Crippen LogP) is 21.7. The Morgan fingerprint density at radius 1 is 0.276 bits per heavy atom. The van der Waals surface area contributed by atoms with E-state index >= 15 is 0 Å². The standard InChI is InChI=1S/C44H26N8S.C39H34BN3O2.C11H4ClN5S/c1-2-13-37-36(12-1)48-42-41-43(53-44(42)49-37)40(50-52-51-41)34-11-5-9-32(24-34)30-7-3-6-29(22-30)31-8-4-10-33(23-31)35-25-38(27-14-18-45-19-15-27)47-39(26-35)28-16-20-46-21-17-28;1-38(2)39(3,4)45-40(44-38)35-13-7-12-33(24-35)31-10-5-8-29(22-31)30-9-6-11-32(23-30)34-25-36(27-14-18-41-19-15-27)43-37(26-34)28-16-20-42-21-17-28;12-10-9-7(15-17-16-10)8-11(18-9)14-6-4-2-1-3-5(6)13-8/h1-26H;5-26H,1-4H3;1-4H. The van der Waals surface area contributed by atoms with Crippen LogP contribution in [0.15, 0.2) is 316 Å². The zero-order valence-corrected chi connectivity index (χ0v) is 65.2. The number of hydrogen-bond acceptors (Lipinski definition) is 20. The average Bonchev–Trinajstić information content (AvgIpc) is 1.60. The number of thiophene rings is 2. The molecule has 21 rings (SSSR count). The average molecular weight is 1560 g/mol. The zero-order valence-electron chi connectivity index (χ0n) is 62.8. The molecule has 1 saturated heterocycles. The van der Waals surface area contributed by atoms with Crippen LogP contribution in [0.4, 0.5) is 0 Å². The lowest BCUT2D eigenvalue weighted by Crippen LogP contribution is -2.41. The number of aromatic nitrogens is 16. The highest BCUT2D eigenvalue weighted by Crippen LogP contribution is 2.42. The van der Waals surface area contributed by atoms with Gasteiger partial charge in [-0.05, 0) is 238 Å². The fraction of sp³-hybridized carbons (Fsp3) is 0.0638. The Balaban J connectivity index is 0.000000128. The first-order valence-electron chi connectivity index (χ1n) is 37.5. The van der Waals surface area contributed by atoms with Gasteiger partial charge >= 0.3 is 7.12 Å². The highest BCUT2D eigenvalue weighted by atomic mass is 35.5. The van der Waals surface area contributed by atoms with Crippen molar-refractivity contribution in [2.75, 3.05) is 0 Å². The van der Waals surface area contributed by atoms with E-state index in [1.165, 1.54) is 11.3 Å². The molecule has 1 aliphatic heterocycles. The van der Waals surface area contributed by atoms with Crippen LogP contribution in [0.3, 0.4) is 0 Å². The summed E-state index contributed by atoms with van der Waals surface area (Å²) < 4.78 is 14.4. The molecule has 0 bridgehead atoms. The third kappa shape index (κ3) is 14.6. The molecule has 8 aromatic carbocycles. The van der Waals surface area contributed by atoms with Crippen LogP contribution in [0.25, 0.3) is 186 Å². The third-order valence-electron chi connectivity index (χ3n) is 20.9. The molecule has 20 aromatic rings. The van der Waals surface area contributed by atoms with E-state index in [1.807, 2.05) is 97.1 Å². The number of halogens is 1. The van der Waals surface area contributed by atoms with Crippen LogP contribution in [-0.2, 0) is 9.31 Å². The Morgan fingerprint density at radius 2 is 0.586 bits per heavy atom. The van der Waals surface area contributed by atoms with Gasteiger partial charge in [-0.3, -0.25) is 19.9 Å².